The van der Waals surface area contributed by atoms with E-state index in [9.17, 15) is 0 Å². The van der Waals surface area contributed by atoms with Crippen LogP contribution in [0, 0.1) is 0 Å². The monoisotopic (exact) mass is 300 g/mol. The molecule has 0 saturated carbocycles. The Morgan fingerprint density at radius 3 is 2.57 bits per heavy atom. The first-order valence-electron chi connectivity index (χ1n) is 6.49. The number of pyridine rings is 1. The average molecular weight is 301 g/mol. The van der Waals surface area contributed by atoms with E-state index in [1.165, 1.54) is 5.56 Å². The Kier molecular flexibility index (Phi) is 3.83. The molecule has 0 spiro atoms. The fraction of sp³-hybridized carbons (Fsp3) is 0.133. The predicted octanol–water partition coefficient (Wildman–Crippen LogP) is 3.15. The van der Waals surface area contributed by atoms with Gasteiger partial charge in [0.1, 0.15) is 5.69 Å². The third kappa shape index (κ3) is 3.38. The summed E-state index contributed by atoms with van der Waals surface area (Å²) >= 11 is 5.80. The first-order chi connectivity index (χ1) is 10.2. The number of hydrogen-bond donors (Lipinski definition) is 1. The molecule has 0 aliphatic rings. The second-order valence-corrected chi connectivity index (χ2v) is 5.05. The molecule has 21 heavy (non-hydrogen) atoms. The zero-order chi connectivity index (χ0) is 14.7. The van der Waals surface area contributed by atoms with Crippen molar-refractivity contribution in [2.45, 2.75) is 12.8 Å². The second-order valence-electron chi connectivity index (χ2n) is 4.61. The van der Waals surface area contributed by atoms with Gasteiger partial charge in [-0.2, -0.15) is 4.98 Å². The van der Waals surface area contributed by atoms with Crippen LogP contribution in [0.25, 0.3) is 11.5 Å². The summed E-state index contributed by atoms with van der Waals surface area (Å²) in [5.74, 6) is 1.05. The Labute approximate surface area is 126 Å². The standard InChI is InChI=1S/C15H13ClN4O/c16-11-4-7-13(18-9-11)15-19-14(21-20-15)8-3-10-1-5-12(17)6-2-10/h1-2,4-7,9H,3,8,17H2. The van der Waals surface area contributed by atoms with Crippen LogP contribution >= 0.6 is 11.6 Å². The zero-order valence-electron chi connectivity index (χ0n) is 11.2. The van der Waals surface area contributed by atoms with Crippen LogP contribution in [0.4, 0.5) is 5.69 Å². The molecule has 0 fully saturated rings. The zero-order valence-corrected chi connectivity index (χ0v) is 11.9. The van der Waals surface area contributed by atoms with E-state index >= 15 is 0 Å². The van der Waals surface area contributed by atoms with E-state index in [1.807, 2.05) is 24.3 Å². The summed E-state index contributed by atoms with van der Waals surface area (Å²) in [5, 5.41) is 4.51. The van der Waals surface area contributed by atoms with Crippen molar-refractivity contribution in [3.05, 3.63) is 59.1 Å². The average Bonchev–Trinajstić information content (AvgIpc) is 2.96. The molecule has 2 heterocycles. The minimum absolute atomic E-state index is 0.471. The highest BCUT2D eigenvalue weighted by atomic mass is 35.5. The molecule has 2 N–H and O–H groups in total. The smallest absolute Gasteiger partial charge is 0.227 e. The highest BCUT2D eigenvalue weighted by Gasteiger charge is 2.09. The lowest BCUT2D eigenvalue weighted by atomic mass is 10.1. The number of benzene rings is 1. The quantitative estimate of drug-likeness (QED) is 0.749. The number of halogens is 1. The van der Waals surface area contributed by atoms with Crippen LogP contribution in [-0.4, -0.2) is 15.1 Å². The van der Waals surface area contributed by atoms with E-state index in [4.69, 9.17) is 21.9 Å². The first kappa shape index (κ1) is 13.6. The highest BCUT2D eigenvalue weighted by molar-refractivity contribution is 6.30. The molecular formula is C15H13ClN4O. The minimum atomic E-state index is 0.471. The molecule has 0 atom stereocenters. The van der Waals surface area contributed by atoms with Crippen molar-refractivity contribution in [2.24, 2.45) is 0 Å². The predicted molar refractivity (Wildman–Crippen MR) is 80.8 cm³/mol. The van der Waals surface area contributed by atoms with Crippen LogP contribution < -0.4 is 5.73 Å². The normalized spacial score (nSPS) is 10.7. The molecule has 0 saturated heterocycles. The number of rotatable bonds is 4. The minimum Gasteiger partial charge on any atom is -0.399 e. The van der Waals surface area contributed by atoms with Crippen molar-refractivity contribution in [3.63, 3.8) is 0 Å². The Balaban J connectivity index is 1.67. The number of hydrogen-bond acceptors (Lipinski definition) is 5. The van der Waals surface area contributed by atoms with E-state index in [0.29, 0.717) is 28.9 Å². The number of aromatic nitrogens is 3. The van der Waals surface area contributed by atoms with Crippen LogP contribution in [0.1, 0.15) is 11.5 Å². The number of nitrogen functional groups attached to an aromatic ring is 1. The number of aryl methyl sites for hydroxylation is 2. The lowest BCUT2D eigenvalue weighted by Gasteiger charge is -1.98. The summed E-state index contributed by atoms with van der Waals surface area (Å²) in [5.41, 5.74) is 8.23. The third-order valence-corrected chi connectivity index (χ3v) is 3.26. The van der Waals surface area contributed by atoms with Gasteiger partial charge in [-0.3, -0.25) is 4.98 Å². The van der Waals surface area contributed by atoms with Gasteiger partial charge in [0.05, 0.1) is 5.02 Å². The van der Waals surface area contributed by atoms with Crippen LogP contribution in [-0.2, 0) is 12.8 Å². The molecule has 0 unspecified atom stereocenters. The van der Waals surface area contributed by atoms with E-state index in [0.717, 1.165) is 12.1 Å². The molecule has 0 radical (unpaired) electrons. The SMILES string of the molecule is Nc1ccc(CCc2nc(-c3ccc(Cl)cn3)no2)cc1. The molecule has 2 aromatic heterocycles. The third-order valence-electron chi connectivity index (χ3n) is 3.03. The Morgan fingerprint density at radius 2 is 1.86 bits per heavy atom. The van der Waals surface area contributed by atoms with Crippen LogP contribution in [0.5, 0.6) is 0 Å². The molecule has 0 bridgehead atoms. The van der Waals surface area contributed by atoms with Gasteiger partial charge in [-0.1, -0.05) is 28.9 Å². The molecule has 0 aliphatic heterocycles. The molecule has 3 rings (SSSR count). The van der Waals surface area contributed by atoms with E-state index in [-0.39, 0.29) is 0 Å². The van der Waals surface area contributed by atoms with Gasteiger partial charge in [0.15, 0.2) is 0 Å². The number of nitrogens with two attached hydrogens (primary N) is 1. The molecule has 106 valence electrons. The van der Waals surface area contributed by atoms with Gasteiger partial charge in [-0.25, -0.2) is 0 Å². The maximum atomic E-state index is 5.80. The summed E-state index contributed by atoms with van der Waals surface area (Å²) in [6.45, 7) is 0. The van der Waals surface area contributed by atoms with Gasteiger partial charge in [0.25, 0.3) is 0 Å². The lowest BCUT2D eigenvalue weighted by molar-refractivity contribution is 0.379. The second kappa shape index (κ2) is 5.93. The molecule has 1 aromatic carbocycles. The molecular weight excluding hydrogens is 288 g/mol. The molecule has 3 aromatic rings. The summed E-state index contributed by atoms with van der Waals surface area (Å²) < 4.78 is 5.24. The van der Waals surface area contributed by atoms with Gasteiger partial charge in [0, 0.05) is 18.3 Å². The lowest BCUT2D eigenvalue weighted by Crippen LogP contribution is -1.93. The Hall–Kier alpha value is -2.40. The van der Waals surface area contributed by atoms with Crippen molar-refractivity contribution in [1.82, 2.24) is 15.1 Å². The first-order valence-corrected chi connectivity index (χ1v) is 6.87. The topological polar surface area (TPSA) is 77.8 Å². The largest absolute Gasteiger partial charge is 0.399 e. The van der Waals surface area contributed by atoms with Crippen LogP contribution in [0.3, 0.4) is 0 Å². The van der Waals surface area contributed by atoms with Crippen LogP contribution in [0.15, 0.2) is 47.1 Å². The van der Waals surface area contributed by atoms with Crippen molar-refractivity contribution in [1.29, 1.82) is 0 Å². The van der Waals surface area contributed by atoms with E-state index < -0.39 is 0 Å². The molecule has 0 amide bonds. The van der Waals surface area contributed by atoms with Crippen molar-refractivity contribution >= 4 is 17.3 Å². The van der Waals surface area contributed by atoms with Crippen molar-refractivity contribution in [2.75, 3.05) is 5.73 Å². The van der Waals surface area contributed by atoms with Crippen molar-refractivity contribution in [3.8, 4) is 11.5 Å². The molecule has 5 nitrogen and oxygen atoms in total. The van der Waals surface area contributed by atoms with E-state index in [2.05, 4.69) is 15.1 Å². The summed E-state index contributed by atoms with van der Waals surface area (Å²) in [6, 6.07) is 11.3. The van der Waals surface area contributed by atoms with Gasteiger partial charge in [0.2, 0.25) is 11.7 Å². The molecule has 6 heteroatoms. The molecule has 0 aliphatic carbocycles. The fourth-order valence-corrected chi connectivity index (χ4v) is 2.02. The summed E-state index contributed by atoms with van der Waals surface area (Å²) in [7, 11) is 0. The van der Waals surface area contributed by atoms with Gasteiger partial charge < -0.3 is 10.3 Å². The van der Waals surface area contributed by atoms with Gasteiger partial charge >= 0.3 is 0 Å². The Bertz CT molecular complexity index is 722. The fourth-order valence-electron chi connectivity index (χ4n) is 1.90. The number of nitrogens with zero attached hydrogens (tertiary/aromatic N) is 3. The maximum Gasteiger partial charge on any atom is 0.227 e. The van der Waals surface area contributed by atoms with E-state index in [1.54, 1.807) is 18.3 Å². The maximum absolute atomic E-state index is 5.80. The van der Waals surface area contributed by atoms with Gasteiger partial charge in [-0.15, -0.1) is 0 Å². The number of anilines is 1. The Morgan fingerprint density at radius 1 is 1.05 bits per heavy atom. The summed E-state index contributed by atoms with van der Waals surface area (Å²) in [6.07, 6.45) is 3.04. The van der Waals surface area contributed by atoms with Crippen LogP contribution in [0.2, 0.25) is 5.02 Å². The summed E-state index contributed by atoms with van der Waals surface area (Å²) in [4.78, 5) is 8.49. The highest BCUT2D eigenvalue weighted by Crippen LogP contribution is 2.16. The van der Waals surface area contributed by atoms with Gasteiger partial charge in [-0.05, 0) is 36.2 Å². The van der Waals surface area contributed by atoms with Crippen molar-refractivity contribution < 1.29 is 4.52 Å².